The van der Waals surface area contributed by atoms with E-state index in [0.717, 1.165) is 0 Å². The van der Waals surface area contributed by atoms with Crippen LogP contribution in [0, 0.1) is 0 Å². The van der Waals surface area contributed by atoms with Crippen LogP contribution in [0.1, 0.15) is 20.7 Å². The predicted molar refractivity (Wildman–Crippen MR) is 108 cm³/mol. The molecule has 6 nitrogen and oxygen atoms in total. The maximum Gasteiger partial charge on any atom is 0.387 e. The van der Waals surface area contributed by atoms with Crippen LogP contribution < -0.4 is 20.1 Å². The van der Waals surface area contributed by atoms with Gasteiger partial charge in [-0.15, -0.1) is 0 Å². The Bertz CT molecular complexity index is 1040. The molecule has 0 saturated heterocycles. The second-order valence-corrected chi connectivity index (χ2v) is 6.06. The van der Waals surface area contributed by atoms with Gasteiger partial charge >= 0.3 is 6.61 Å². The number of benzene rings is 3. The van der Waals surface area contributed by atoms with Crippen LogP contribution in [0.5, 0.6) is 11.5 Å². The third kappa shape index (κ3) is 5.11. The number of carbonyl (C=O) groups is 2. The first-order valence-corrected chi connectivity index (χ1v) is 8.87. The van der Waals surface area contributed by atoms with E-state index in [-0.39, 0.29) is 16.9 Å². The normalized spacial score (nSPS) is 10.4. The molecular formula is C22H18F2N2O4. The zero-order valence-corrected chi connectivity index (χ0v) is 15.9. The highest BCUT2D eigenvalue weighted by atomic mass is 19.3. The minimum absolute atomic E-state index is 0.0573. The van der Waals surface area contributed by atoms with Crippen molar-refractivity contribution in [2.24, 2.45) is 0 Å². The van der Waals surface area contributed by atoms with E-state index in [1.54, 1.807) is 48.5 Å². The quantitative estimate of drug-likeness (QED) is 0.584. The smallest absolute Gasteiger partial charge is 0.387 e. The summed E-state index contributed by atoms with van der Waals surface area (Å²) in [5.41, 5.74) is 1.24. The van der Waals surface area contributed by atoms with Gasteiger partial charge in [0.1, 0.15) is 11.5 Å². The van der Waals surface area contributed by atoms with Gasteiger partial charge in [-0.1, -0.05) is 24.3 Å². The van der Waals surface area contributed by atoms with Gasteiger partial charge in [-0.25, -0.2) is 0 Å². The highest BCUT2D eigenvalue weighted by Crippen LogP contribution is 2.25. The molecule has 154 valence electrons. The number of ether oxygens (including phenoxy) is 2. The lowest BCUT2D eigenvalue weighted by atomic mass is 10.1. The molecule has 3 rings (SSSR count). The summed E-state index contributed by atoms with van der Waals surface area (Å²) in [6, 6.07) is 18.7. The van der Waals surface area contributed by atoms with Crippen LogP contribution in [0.4, 0.5) is 20.2 Å². The van der Waals surface area contributed by atoms with Crippen LogP contribution in [0.2, 0.25) is 0 Å². The minimum Gasteiger partial charge on any atom is -0.495 e. The standard InChI is InChI=1S/C22H18F2N2O4/c1-29-19-9-5-4-8-18(19)26-21(28)16-6-2-3-7-17(16)25-20(27)14-10-12-15(13-11-14)30-22(23)24/h2-13,22H,1H3,(H,25,27)(H,26,28). The summed E-state index contributed by atoms with van der Waals surface area (Å²) in [4.78, 5) is 25.3. The van der Waals surface area contributed by atoms with Gasteiger partial charge < -0.3 is 20.1 Å². The second kappa shape index (κ2) is 9.51. The SMILES string of the molecule is COc1ccccc1NC(=O)c1ccccc1NC(=O)c1ccc(OC(F)F)cc1. The first-order valence-electron chi connectivity index (χ1n) is 8.87. The minimum atomic E-state index is -2.95. The molecule has 0 unspecified atom stereocenters. The number of rotatable bonds is 7. The zero-order chi connectivity index (χ0) is 21.5. The molecule has 0 aliphatic carbocycles. The largest absolute Gasteiger partial charge is 0.495 e. The van der Waals surface area contributed by atoms with E-state index in [9.17, 15) is 18.4 Å². The summed E-state index contributed by atoms with van der Waals surface area (Å²) >= 11 is 0. The molecule has 0 spiro atoms. The number of amides is 2. The highest BCUT2D eigenvalue weighted by Gasteiger charge is 2.16. The Morgan fingerprint density at radius 2 is 1.40 bits per heavy atom. The first-order chi connectivity index (χ1) is 14.5. The van der Waals surface area contributed by atoms with Crippen molar-refractivity contribution in [2.75, 3.05) is 17.7 Å². The third-order valence-corrected chi connectivity index (χ3v) is 4.12. The Kier molecular flexibility index (Phi) is 6.59. The fourth-order valence-corrected chi connectivity index (χ4v) is 2.71. The van der Waals surface area contributed by atoms with Gasteiger partial charge in [-0.3, -0.25) is 9.59 Å². The van der Waals surface area contributed by atoms with Crippen molar-refractivity contribution in [3.63, 3.8) is 0 Å². The average Bonchev–Trinajstić information content (AvgIpc) is 2.74. The molecule has 0 saturated carbocycles. The monoisotopic (exact) mass is 412 g/mol. The van der Waals surface area contributed by atoms with Crippen molar-refractivity contribution in [3.05, 3.63) is 83.9 Å². The molecule has 8 heteroatoms. The Morgan fingerprint density at radius 3 is 2.07 bits per heavy atom. The summed E-state index contributed by atoms with van der Waals surface area (Å²) < 4.78 is 34.0. The van der Waals surface area contributed by atoms with E-state index in [2.05, 4.69) is 15.4 Å². The van der Waals surface area contributed by atoms with Gasteiger partial charge in [0.25, 0.3) is 11.8 Å². The van der Waals surface area contributed by atoms with Gasteiger partial charge in [0, 0.05) is 5.56 Å². The van der Waals surface area contributed by atoms with E-state index in [4.69, 9.17) is 4.74 Å². The van der Waals surface area contributed by atoms with Gasteiger partial charge in [0.05, 0.1) is 24.0 Å². The predicted octanol–water partition coefficient (Wildman–Crippen LogP) is 4.80. The molecule has 0 fully saturated rings. The van der Waals surface area contributed by atoms with Crippen LogP contribution >= 0.6 is 0 Å². The molecule has 3 aromatic carbocycles. The lowest BCUT2D eigenvalue weighted by molar-refractivity contribution is -0.0498. The lowest BCUT2D eigenvalue weighted by Gasteiger charge is -2.13. The zero-order valence-electron chi connectivity index (χ0n) is 15.9. The number of carbonyl (C=O) groups excluding carboxylic acids is 2. The number of alkyl halides is 2. The Balaban J connectivity index is 1.76. The summed E-state index contributed by atoms with van der Waals surface area (Å²) in [6.07, 6.45) is 0. The maximum atomic E-state index is 12.8. The van der Waals surface area contributed by atoms with E-state index in [1.165, 1.54) is 31.4 Å². The molecule has 0 aliphatic rings. The number of anilines is 2. The van der Waals surface area contributed by atoms with Gasteiger partial charge in [0.15, 0.2) is 0 Å². The van der Waals surface area contributed by atoms with Gasteiger partial charge in [0.2, 0.25) is 0 Å². The second-order valence-electron chi connectivity index (χ2n) is 6.06. The molecule has 2 amide bonds. The van der Waals surface area contributed by atoms with E-state index < -0.39 is 18.4 Å². The van der Waals surface area contributed by atoms with Gasteiger partial charge in [-0.05, 0) is 48.5 Å². The number of methoxy groups -OCH3 is 1. The van der Waals surface area contributed by atoms with Crippen molar-refractivity contribution in [2.45, 2.75) is 6.61 Å². The van der Waals surface area contributed by atoms with Gasteiger partial charge in [-0.2, -0.15) is 8.78 Å². The molecule has 2 N–H and O–H groups in total. The summed E-state index contributed by atoms with van der Waals surface area (Å²) in [5, 5.41) is 5.42. The van der Waals surface area contributed by atoms with Crippen molar-refractivity contribution in [1.29, 1.82) is 0 Å². The Morgan fingerprint density at radius 1 is 0.800 bits per heavy atom. The number of hydrogen-bond donors (Lipinski definition) is 2. The molecular weight excluding hydrogens is 394 g/mol. The molecule has 0 atom stereocenters. The molecule has 0 heterocycles. The van der Waals surface area contributed by atoms with Crippen molar-refractivity contribution in [3.8, 4) is 11.5 Å². The molecule has 0 bridgehead atoms. The van der Waals surface area contributed by atoms with E-state index in [0.29, 0.717) is 17.1 Å². The molecule has 0 radical (unpaired) electrons. The summed E-state index contributed by atoms with van der Waals surface area (Å²) in [6.45, 7) is -2.95. The van der Waals surface area contributed by atoms with E-state index >= 15 is 0 Å². The van der Waals surface area contributed by atoms with E-state index in [1.807, 2.05) is 0 Å². The maximum absolute atomic E-state index is 12.8. The summed E-state index contributed by atoms with van der Waals surface area (Å²) in [5.74, 6) is -0.496. The number of nitrogens with one attached hydrogen (secondary N) is 2. The lowest BCUT2D eigenvalue weighted by Crippen LogP contribution is -2.18. The fourth-order valence-electron chi connectivity index (χ4n) is 2.71. The topological polar surface area (TPSA) is 76.7 Å². The summed E-state index contributed by atoms with van der Waals surface area (Å²) in [7, 11) is 1.50. The van der Waals surface area contributed by atoms with Crippen molar-refractivity contribution >= 4 is 23.2 Å². The van der Waals surface area contributed by atoms with Crippen LogP contribution in [0.25, 0.3) is 0 Å². The van der Waals surface area contributed by atoms with Crippen LogP contribution in [0.15, 0.2) is 72.8 Å². The number of hydrogen-bond acceptors (Lipinski definition) is 4. The fraction of sp³-hybridized carbons (Fsp3) is 0.0909. The van der Waals surface area contributed by atoms with Crippen molar-refractivity contribution in [1.82, 2.24) is 0 Å². The molecule has 30 heavy (non-hydrogen) atoms. The first kappa shape index (κ1) is 20.8. The number of halogens is 2. The van der Waals surface area contributed by atoms with Crippen molar-refractivity contribution < 1.29 is 27.8 Å². The average molecular weight is 412 g/mol. The van der Waals surface area contributed by atoms with Crippen LogP contribution in [-0.4, -0.2) is 25.5 Å². The number of para-hydroxylation sites is 3. The van der Waals surface area contributed by atoms with Crippen LogP contribution in [0.3, 0.4) is 0 Å². The highest BCUT2D eigenvalue weighted by molar-refractivity contribution is 6.12. The molecule has 0 aromatic heterocycles. The van der Waals surface area contributed by atoms with Crippen LogP contribution in [-0.2, 0) is 0 Å². The Labute approximate surface area is 171 Å². The molecule has 3 aromatic rings. The Hall–Kier alpha value is -3.94. The third-order valence-electron chi connectivity index (χ3n) is 4.12. The molecule has 0 aliphatic heterocycles.